The van der Waals surface area contributed by atoms with Crippen LogP contribution in [0.3, 0.4) is 0 Å². The van der Waals surface area contributed by atoms with Gasteiger partial charge >= 0.3 is 0 Å². The number of rotatable bonds is 1. The third-order valence-corrected chi connectivity index (χ3v) is 5.65. The molecule has 1 aliphatic heterocycles. The molecule has 3 heterocycles. The van der Waals surface area contributed by atoms with Crippen molar-refractivity contribution in [3.8, 4) is 17.0 Å². The number of hydrogen-bond acceptors (Lipinski definition) is 2. The van der Waals surface area contributed by atoms with Crippen LogP contribution in [0.2, 0.25) is 5.02 Å². The van der Waals surface area contributed by atoms with E-state index in [1.165, 1.54) is 5.56 Å². The van der Waals surface area contributed by atoms with Crippen molar-refractivity contribution >= 4 is 38.4 Å². The van der Waals surface area contributed by atoms with Crippen molar-refractivity contribution in [3.05, 3.63) is 75.1 Å². The minimum absolute atomic E-state index is 0.404. The first-order valence-corrected chi connectivity index (χ1v) is 9.53. The molecule has 0 spiro atoms. The smallest absolute Gasteiger partial charge is 0.235 e. The maximum Gasteiger partial charge on any atom is 0.235 e. The van der Waals surface area contributed by atoms with E-state index in [0.29, 0.717) is 0 Å². The third-order valence-electron chi connectivity index (χ3n) is 4.77. The summed E-state index contributed by atoms with van der Waals surface area (Å²) in [6.07, 6.45) is -0.404. The van der Waals surface area contributed by atoms with Gasteiger partial charge in [0.15, 0.2) is 5.76 Å². The monoisotopic (exact) mass is 427 g/mol. The first kappa shape index (κ1) is 16.0. The van der Waals surface area contributed by atoms with E-state index in [2.05, 4.69) is 45.6 Å². The van der Waals surface area contributed by atoms with E-state index in [1.807, 2.05) is 37.3 Å². The van der Waals surface area contributed by atoms with Gasteiger partial charge in [-0.05, 0) is 56.3 Å². The van der Waals surface area contributed by atoms with Gasteiger partial charge in [-0.2, -0.15) is 0 Å². The SMILES string of the molecule is Cc1ccc2c(c1)c(Cl)c1n2C(c2ccc(C)o2)Oc2cc(Br)ccc2-1. The van der Waals surface area contributed by atoms with Crippen LogP contribution < -0.4 is 4.74 Å². The Bertz CT molecular complexity index is 1170. The van der Waals surface area contributed by atoms with Crippen LogP contribution in [0.4, 0.5) is 0 Å². The lowest BCUT2D eigenvalue weighted by atomic mass is 10.1. The van der Waals surface area contributed by atoms with E-state index in [4.69, 9.17) is 20.8 Å². The second-order valence-electron chi connectivity index (χ2n) is 6.61. The van der Waals surface area contributed by atoms with Crippen molar-refractivity contribution in [2.24, 2.45) is 0 Å². The minimum Gasteiger partial charge on any atom is -0.462 e. The largest absolute Gasteiger partial charge is 0.462 e. The molecule has 0 radical (unpaired) electrons. The molecule has 1 unspecified atom stereocenters. The molecule has 0 aliphatic carbocycles. The van der Waals surface area contributed by atoms with Gasteiger partial charge in [-0.1, -0.05) is 39.2 Å². The van der Waals surface area contributed by atoms with Crippen molar-refractivity contribution < 1.29 is 9.15 Å². The lowest BCUT2D eigenvalue weighted by Crippen LogP contribution is -2.21. The van der Waals surface area contributed by atoms with Crippen LogP contribution in [0, 0.1) is 13.8 Å². The fraction of sp³-hybridized carbons (Fsp3) is 0.143. The predicted molar refractivity (Wildman–Crippen MR) is 107 cm³/mol. The van der Waals surface area contributed by atoms with Gasteiger partial charge in [-0.3, -0.25) is 4.57 Å². The molecule has 2 aromatic heterocycles. The van der Waals surface area contributed by atoms with E-state index in [9.17, 15) is 0 Å². The molecule has 130 valence electrons. The molecule has 0 saturated heterocycles. The van der Waals surface area contributed by atoms with Crippen LogP contribution in [0.1, 0.15) is 23.3 Å². The summed E-state index contributed by atoms with van der Waals surface area (Å²) in [5.41, 5.74) is 4.14. The lowest BCUT2D eigenvalue weighted by Gasteiger charge is -2.29. The number of hydrogen-bond donors (Lipinski definition) is 0. The predicted octanol–water partition coefficient (Wildman–Crippen LogP) is 6.87. The summed E-state index contributed by atoms with van der Waals surface area (Å²) in [6, 6.07) is 16.2. The van der Waals surface area contributed by atoms with Crippen LogP contribution >= 0.6 is 27.5 Å². The van der Waals surface area contributed by atoms with Gasteiger partial charge in [0.25, 0.3) is 0 Å². The van der Waals surface area contributed by atoms with Crippen LogP contribution in [-0.2, 0) is 0 Å². The molecule has 0 saturated carbocycles. The second kappa shape index (κ2) is 5.66. The van der Waals surface area contributed by atoms with E-state index >= 15 is 0 Å². The van der Waals surface area contributed by atoms with Gasteiger partial charge in [-0.25, -0.2) is 0 Å². The van der Waals surface area contributed by atoms with Crippen molar-refractivity contribution in [2.45, 2.75) is 20.1 Å². The average molecular weight is 429 g/mol. The minimum atomic E-state index is -0.404. The van der Waals surface area contributed by atoms with E-state index < -0.39 is 6.23 Å². The standard InChI is InChI=1S/C21H15BrClNO2/c1-11-3-7-16-15(9-11)19(23)20-14-6-5-13(22)10-18(14)26-21(24(16)20)17-8-4-12(2)25-17/h3-10,21H,1-2H3. The van der Waals surface area contributed by atoms with Gasteiger partial charge in [0.2, 0.25) is 6.23 Å². The molecule has 0 N–H and O–H groups in total. The third kappa shape index (κ3) is 2.25. The quantitative estimate of drug-likeness (QED) is 0.331. The molecular formula is C21H15BrClNO2. The molecule has 26 heavy (non-hydrogen) atoms. The zero-order valence-electron chi connectivity index (χ0n) is 14.2. The van der Waals surface area contributed by atoms with Crippen LogP contribution in [0.15, 0.2) is 57.4 Å². The highest BCUT2D eigenvalue weighted by molar-refractivity contribution is 9.10. The normalized spacial score (nSPS) is 15.6. The fourth-order valence-electron chi connectivity index (χ4n) is 3.61. The Balaban J connectivity index is 1.88. The van der Waals surface area contributed by atoms with Gasteiger partial charge in [0.05, 0.1) is 16.2 Å². The topological polar surface area (TPSA) is 27.3 Å². The van der Waals surface area contributed by atoms with Crippen molar-refractivity contribution in [2.75, 3.05) is 0 Å². The second-order valence-corrected chi connectivity index (χ2v) is 7.91. The molecule has 2 aromatic carbocycles. The molecule has 1 atom stereocenters. The van der Waals surface area contributed by atoms with Gasteiger partial charge < -0.3 is 9.15 Å². The number of benzene rings is 2. The highest BCUT2D eigenvalue weighted by Crippen LogP contribution is 2.49. The highest BCUT2D eigenvalue weighted by atomic mass is 79.9. The Morgan fingerprint density at radius 2 is 1.88 bits per heavy atom. The van der Waals surface area contributed by atoms with E-state index in [0.717, 1.165) is 48.9 Å². The van der Waals surface area contributed by atoms with Crippen molar-refractivity contribution in [1.29, 1.82) is 0 Å². The summed E-state index contributed by atoms with van der Waals surface area (Å²) in [4.78, 5) is 0. The molecule has 0 fully saturated rings. The zero-order valence-corrected chi connectivity index (χ0v) is 16.6. The van der Waals surface area contributed by atoms with Crippen molar-refractivity contribution in [3.63, 3.8) is 0 Å². The van der Waals surface area contributed by atoms with Crippen LogP contribution in [-0.4, -0.2) is 4.57 Å². The van der Waals surface area contributed by atoms with Gasteiger partial charge in [0.1, 0.15) is 11.5 Å². The Morgan fingerprint density at radius 1 is 1.04 bits per heavy atom. The summed E-state index contributed by atoms with van der Waals surface area (Å²) >= 11 is 10.4. The average Bonchev–Trinajstić information content (AvgIpc) is 3.16. The van der Waals surface area contributed by atoms with Gasteiger partial charge in [-0.15, -0.1) is 0 Å². The molecule has 3 nitrogen and oxygen atoms in total. The molecule has 4 aromatic rings. The summed E-state index contributed by atoms with van der Waals surface area (Å²) in [5.74, 6) is 2.39. The molecule has 5 rings (SSSR count). The molecule has 1 aliphatic rings. The first-order chi connectivity index (χ1) is 12.5. The fourth-order valence-corrected chi connectivity index (χ4v) is 4.30. The van der Waals surface area contributed by atoms with Gasteiger partial charge in [0, 0.05) is 15.4 Å². The zero-order chi connectivity index (χ0) is 18.0. The Kier molecular flexibility index (Phi) is 3.49. The summed E-state index contributed by atoms with van der Waals surface area (Å²) in [6.45, 7) is 4.00. The Hall–Kier alpha value is -2.17. The molecule has 0 bridgehead atoms. The summed E-state index contributed by atoms with van der Waals surface area (Å²) in [7, 11) is 0. The van der Waals surface area contributed by atoms with Crippen molar-refractivity contribution in [1.82, 2.24) is 4.57 Å². The van der Waals surface area contributed by atoms with E-state index in [1.54, 1.807) is 0 Å². The number of aromatic nitrogens is 1. The number of furan rings is 1. The summed E-state index contributed by atoms with van der Waals surface area (Å²) < 4.78 is 15.4. The Labute approximate surface area is 164 Å². The summed E-state index contributed by atoms with van der Waals surface area (Å²) in [5, 5.41) is 1.76. The number of aryl methyl sites for hydroxylation is 2. The molecule has 5 heteroatoms. The number of nitrogens with zero attached hydrogens (tertiary/aromatic N) is 1. The molecule has 0 amide bonds. The lowest BCUT2D eigenvalue weighted by molar-refractivity contribution is 0.145. The number of ether oxygens (including phenoxy) is 1. The number of halogens is 2. The maximum absolute atomic E-state index is 6.85. The van der Waals surface area contributed by atoms with Crippen LogP contribution in [0.25, 0.3) is 22.2 Å². The molecular weight excluding hydrogens is 414 g/mol. The van der Waals surface area contributed by atoms with Crippen LogP contribution in [0.5, 0.6) is 5.75 Å². The first-order valence-electron chi connectivity index (χ1n) is 8.36. The Morgan fingerprint density at radius 3 is 2.65 bits per heavy atom. The number of fused-ring (bicyclic) bond motifs is 5. The van der Waals surface area contributed by atoms with E-state index in [-0.39, 0.29) is 0 Å². The highest BCUT2D eigenvalue weighted by Gasteiger charge is 2.33. The maximum atomic E-state index is 6.85.